The van der Waals surface area contributed by atoms with Crippen molar-refractivity contribution in [3.05, 3.63) is 35.6 Å². The van der Waals surface area contributed by atoms with Gasteiger partial charge in [0.2, 0.25) is 11.8 Å². The van der Waals surface area contributed by atoms with Crippen LogP contribution in [0.5, 0.6) is 0 Å². The maximum Gasteiger partial charge on any atom is 0.414 e. The van der Waals surface area contributed by atoms with Crippen molar-refractivity contribution in [1.29, 1.82) is 0 Å². The lowest BCUT2D eigenvalue weighted by molar-refractivity contribution is -0.128. The predicted molar refractivity (Wildman–Crippen MR) is 112 cm³/mol. The van der Waals surface area contributed by atoms with Gasteiger partial charge in [-0.3, -0.25) is 25.6 Å². The van der Waals surface area contributed by atoms with E-state index in [4.69, 9.17) is 4.74 Å². The normalized spacial score (nSPS) is 28.0. The van der Waals surface area contributed by atoms with Crippen LogP contribution in [-0.4, -0.2) is 59.8 Å². The number of carbonyl (C=O) groups is 3. The summed E-state index contributed by atoms with van der Waals surface area (Å²) in [4.78, 5) is 37.3. The third-order valence-corrected chi connectivity index (χ3v) is 7.03. The summed E-state index contributed by atoms with van der Waals surface area (Å²) >= 11 is 1.49. The summed E-state index contributed by atoms with van der Waals surface area (Å²) in [6.07, 6.45) is 0.875. The number of hydrogen-bond acceptors (Lipinski definition) is 8. The molecule has 3 aliphatic rings. The molecule has 3 aliphatic heterocycles. The number of nitrogens with zero attached hydrogens (tertiary/aromatic N) is 1. The van der Waals surface area contributed by atoms with Gasteiger partial charge in [0.25, 0.3) is 0 Å². The molecule has 4 N–H and O–H groups in total. The van der Waals surface area contributed by atoms with E-state index in [1.54, 1.807) is 6.07 Å². The van der Waals surface area contributed by atoms with Gasteiger partial charge in [0.1, 0.15) is 12.4 Å². The number of alkyl carbamates (subject to hydrolysis) is 1. The predicted octanol–water partition coefficient (Wildman–Crippen LogP) is 0.530. The lowest BCUT2D eigenvalue weighted by Crippen LogP contribution is -2.59. The summed E-state index contributed by atoms with van der Waals surface area (Å²) in [5.41, 5.74) is 3.48. The van der Waals surface area contributed by atoms with Crippen LogP contribution in [-0.2, 0) is 20.9 Å². The smallest absolute Gasteiger partial charge is 0.414 e. The van der Waals surface area contributed by atoms with Crippen molar-refractivity contribution in [1.82, 2.24) is 26.4 Å². The summed E-state index contributed by atoms with van der Waals surface area (Å²) in [7, 11) is 0. The van der Waals surface area contributed by atoms with Gasteiger partial charge in [-0.2, -0.15) is 0 Å². The molecule has 0 aliphatic carbocycles. The fourth-order valence-corrected chi connectivity index (χ4v) is 5.35. The van der Waals surface area contributed by atoms with Gasteiger partial charge in [-0.15, -0.1) is 11.8 Å². The number of hydrazine groups is 1. The van der Waals surface area contributed by atoms with E-state index in [1.807, 2.05) is 5.01 Å². The minimum Gasteiger partial charge on any atom is -0.444 e. The molecule has 11 heteroatoms. The van der Waals surface area contributed by atoms with E-state index >= 15 is 0 Å². The molecule has 3 amide bonds. The molecule has 0 saturated carbocycles. The highest BCUT2D eigenvalue weighted by atomic mass is 32.2. The fraction of sp³-hybridized carbons (Fsp3) is 0.550. The molecule has 0 bridgehead atoms. The Kier molecular flexibility index (Phi) is 7.06. The van der Waals surface area contributed by atoms with Crippen molar-refractivity contribution in [2.75, 3.05) is 25.4 Å². The van der Waals surface area contributed by atoms with Gasteiger partial charge in [0.15, 0.2) is 0 Å². The molecule has 3 fully saturated rings. The second-order valence-electron chi connectivity index (χ2n) is 7.82. The van der Waals surface area contributed by atoms with Gasteiger partial charge in [-0.25, -0.2) is 14.2 Å². The largest absolute Gasteiger partial charge is 0.444 e. The standard InChI is InChI=1S/C20H26FN5O4S/c21-15-4-2-1-3-12(15)11-30-20(29)25-18(28)14-6-8-31-19(14)24-17(27)13-9-22-16-5-7-23-26(16)10-13/h1-4,13-14,16,19,22-23H,5-11H2,(H,24,27)(H,25,28,29). The Balaban J connectivity index is 1.25. The van der Waals surface area contributed by atoms with E-state index in [-0.39, 0.29) is 30.2 Å². The van der Waals surface area contributed by atoms with Crippen molar-refractivity contribution in [3.63, 3.8) is 0 Å². The number of ether oxygens (including phenoxy) is 1. The maximum atomic E-state index is 13.6. The number of nitrogens with one attached hydrogen (secondary N) is 4. The van der Waals surface area contributed by atoms with Crippen LogP contribution >= 0.6 is 11.8 Å². The average molecular weight is 452 g/mol. The van der Waals surface area contributed by atoms with Gasteiger partial charge in [0.05, 0.1) is 23.4 Å². The number of carbonyl (C=O) groups excluding carboxylic acids is 3. The van der Waals surface area contributed by atoms with Crippen molar-refractivity contribution in [2.45, 2.75) is 31.0 Å². The Labute approximate surface area is 183 Å². The Hall–Kier alpha value is -2.21. The molecule has 0 spiro atoms. The summed E-state index contributed by atoms with van der Waals surface area (Å²) in [5.74, 6) is -1.16. The van der Waals surface area contributed by atoms with Crippen LogP contribution in [0.1, 0.15) is 18.4 Å². The molecule has 168 valence electrons. The molecule has 3 saturated heterocycles. The number of amides is 3. The Morgan fingerprint density at radius 3 is 2.90 bits per heavy atom. The van der Waals surface area contributed by atoms with Crippen LogP contribution in [0.2, 0.25) is 0 Å². The first-order valence-electron chi connectivity index (χ1n) is 10.4. The summed E-state index contributed by atoms with van der Waals surface area (Å²) < 4.78 is 18.6. The molecule has 9 nitrogen and oxygen atoms in total. The number of imide groups is 1. The number of fused-ring (bicyclic) bond motifs is 1. The number of hydrogen-bond donors (Lipinski definition) is 4. The average Bonchev–Trinajstić information content (AvgIpc) is 3.41. The van der Waals surface area contributed by atoms with Crippen molar-refractivity contribution in [3.8, 4) is 0 Å². The fourth-order valence-electron chi connectivity index (χ4n) is 4.02. The molecule has 4 atom stereocenters. The molecular formula is C20H26FN5O4S. The lowest BCUT2D eigenvalue weighted by Gasteiger charge is -2.35. The Morgan fingerprint density at radius 1 is 1.23 bits per heavy atom. The number of halogens is 1. The first kappa shape index (κ1) is 22.0. The van der Waals surface area contributed by atoms with Crippen LogP contribution in [0, 0.1) is 17.7 Å². The van der Waals surface area contributed by atoms with E-state index in [0.29, 0.717) is 25.3 Å². The summed E-state index contributed by atoms with van der Waals surface area (Å²) in [6, 6.07) is 5.95. The molecule has 0 aromatic heterocycles. The van der Waals surface area contributed by atoms with Crippen LogP contribution in [0.25, 0.3) is 0 Å². The zero-order valence-corrected chi connectivity index (χ0v) is 17.8. The zero-order chi connectivity index (χ0) is 21.8. The number of rotatable bonds is 5. The second kappa shape index (κ2) is 9.94. The minimum atomic E-state index is -0.933. The Morgan fingerprint density at radius 2 is 2.06 bits per heavy atom. The summed E-state index contributed by atoms with van der Waals surface area (Å²) in [6.45, 7) is 1.82. The van der Waals surface area contributed by atoms with E-state index in [0.717, 1.165) is 13.0 Å². The van der Waals surface area contributed by atoms with E-state index in [2.05, 4.69) is 21.4 Å². The van der Waals surface area contributed by atoms with Crippen molar-refractivity contribution in [2.24, 2.45) is 11.8 Å². The quantitative estimate of drug-likeness (QED) is 0.513. The molecule has 31 heavy (non-hydrogen) atoms. The van der Waals surface area contributed by atoms with Crippen molar-refractivity contribution < 1.29 is 23.5 Å². The van der Waals surface area contributed by atoms with Crippen LogP contribution in [0.15, 0.2) is 24.3 Å². The van der Waals surface area contributed by atoms with E-state index in [1.165, 1.54) is 30.0 Å². The Bertz CT molecular complexity index is 844. The first-order valence-corrected chi connectivity index (χ1v) is 11.4. The van der Waals surface area contributed by atoms with Gasteiger partial charge in [-0.05, 0) is 24.7 Å². The third-order valence-electron chi connectivity index (χ3n) is 5.75. The molecule has 3 heterocycles. The monoisotopic (exact) mass is 451 g/mol. The topological polar surface area (TPSA) is 112 Å². The van der Waals surface area contributed by atoms with Gasteiger partial charge in [-0.1, -0.05) is 18.2 Å². The highest BCUT2D eigenvalue weighted by Gasteiger charge is 2.39. The number of benzene rings is 1. The molecule has 4 rings (SSSR count). The second-order valence-corrected chi connectivity index (χ2v) is 9.07. The molecule has 4 unspecified atom stereocenters. The van der Waals surface area contributed by atoms with Crippen LogP contribution in [0.4, 0.5) is 9.18 Å². The maximum absolute atomic E-state index is 13.6. The third kappa shape index (κ3) is 5.35. The van der Waals surface area contributed by atoms with Crippen molar-refractivity contribution >= 4 is 29.7 Å². The SMILES string of the molecule is O=C(NC(=O)C1CCSC1NC(=O)C1CNC2CCNN2C1)OCc1ccccc1F. The van der Waals surface area contributed by atoms with E-state index < -0.39 is 29.1 Å². The molecule has 1 aromatic rings. The number of thioether (sulfide) groups is 1. The van der Waals surface area contributed by atoms with Gasteiger partial charge < -0.3 is 10.1 Å². The van der Waals surface area contributed by atoms with Gasteiger partial charge >= 0.3 is 6.09 Å². The highest BCUT2D eigenvalue weighted by molar-refractivity contribution is 8.00. The molecule has 1 aromatic carbocycles. The van der Waals surface area contributed by atoms with Crippen LogP contribution < -0.4 is 21.4 Å². The zero-order valence-electron chi connectivity index (χ0n) is 16.9. The summed E-state index contributed by atoms with van der Waals surface area (Å²) in [5, 5.41) is 10.2. The van der Waals surface area contributed by atoms with Crippen LogP contribution in [0.3, 0.4) is 0 Å². The lowest BCUT2D eigenvalue weighted by atomic mass is 10.0. The molecular weight excluding hydrogens is 425 g/mol. The minimum absolute atomic E-state index is 0.112. The van der Waals surface area contributed by atoms with E-state index in [9.17, 15) is 18.8 Å². The molecule has 0 radical (unpaired) electrons. The van der Waals surface area contributed by atoms with Gasteiger partial charge in [0, 0.05) is 25.2 Å². The highest BCUT2D eigenvalue weighted by Crippen LogP contribution is 2.31. The first-order chi connectivity index (χ1) is 15.0.